The molecule has 0 bridgehead atoms. The van der Waals surface area contributed by atoms with Crippen molar-refractivity contribution in [2.24, 2.45) is 0 Å². The Morgan fingerprint density at radius 1 is 0.692 bits per heavy atom. The standard InChI is InChI=1S/C20H15N5O/c1-2-6-16-15(5-1)23-19(24-16)21-13-9-11-14(12-10-13)22-20-25-17-7-3-4-8-18(17)26-20/h1-12H,(H,22,25)(H2,21,23,24). The van der Waals surface area contributed by atoms with Crippen molar-refractivity contribution in [2.45, 2.75) is 0 Å². The van der Waals surface area contributed by atoms with E-state index < -0.39 is 0 Å². The molecule has 0 amide bonds. The smallest absolute Gasteiger partial charge is 0.300 e. The Hall–Kier alpha value is -3.80. The first-order valence-electron chi connectivity index (χ1n) is 8.28. The largest absolute Gasteiger partial charge is 0.423 e. The van der Waals surface area contributed by atoms with Gasteiger partial charge in [0.2, 0.25) is 5.95 Å². The topological polar surface area (TPSA) is 78.8 Å². The summed E-state index contributed by atoms with van der Waals surface area (Å²) in [4.78, 5) is 12.2. The number of para-hydroxylation sites is 4. The molecule has 0 fully saturated rings. The molecule has 6 heteroatoms. The molecule has 0 saturated heterocycles. The van der Waals surface area contributed by atoms with Crippen molar-refractivity contribution < 1.29 is 4.42 Å². The first-order valence-corrected chi connectivity index (χ1v) is 8.28. The third-order valence-electron chi connectivity index (χ3n) is 4.08. The van der Waals surface area contributed by atoms with Gasteiger partial charge >= 0.3 is 0 Å². The lowest BCUT2D eigenvalue weighted by Crippen LogP contribution is -1.94. The number of nitrogens with one attached hydrogen (secondary N) is 3. The number of oxazole rings is 1. The normalized spacial score (nSPS) is 11.1. The Morgan fingerprint density at radius 2 is 1.38 bits per heavy atom. The van der Waals surface area contributed by atoms with Crippen LogP contribution in [0.5, 0.6) is 0 Å². The first kappa shape index (κ1) is 14.5. The number of benzene rings is 3. The lowest BCUT2D eigenvalue weighted by molar-refractivity contribution is 0.623. The van der Waals surface area contributed by atoms with Gasteiger partial charge in [0.1, 0.15) is 5.52 Å². The number of nitrogens with zero attached hydrogens (tertiary/aromatic N) is 2. The second kappa shape index (κ2) is 5.93. The second-order valence-electron chi connectivity index (χ2n) is 5.92. The number of aromatic nitrogens is 3. The number of imidazole rings is 1. The SMILES string of the molecule is c1ccc2[nH]c(Nc3ccc(Nc4nc5ccccc5o4)cc3)nc2c1. The summed E-state index contributed by atoms with van der Waals surface area (Å²) in [6.07, 6.45) is 0. The fourth-order valence-electron chi connectivity index (χ4n) is 2.83. The van der Waals surface area contributed by atoms with Crippen molar-refractivity contribution in [3.8, 4) is 0 Å². The molecule has 2 aromatic heterocycles. The average Bonchev–Trinajstić information content (AvgIpc) is 3.25. The Kier molecular flexibility index (Phi) is 3.31. The molecule has 3 aromatic carbocycles. The van der Waals surface area contributed by atoms with Crippen molar-refractivity contribution in [3.63, 3.8) is 0 Å². The molecule has 0 aliphatic carbocycles. The van der Waals surface area contributed by atoms with Gasteiger partial charge in [-0.05, 0) is 48.5 Å². The molecule has 0 atom stereocenters. The molecule has 2 heterocycles. The second-order valence-corrected chi connectivity index (χ2v) is 5.92. The summed E-state index contributed by atoms with van der Waals surface area (Å²) in [6.45, 7) is 0. The maximum Gasteiger partial charge on any atom is 0.300 e. The maximum absolute atomic E-state index is 5.68. The molecule has 0 unspecified atom stereocenters. The number of hydrogen-bond acceptors (Lipinski definition) is 5. The van der Waals surface area contributed by atoms with E-state index in [0.717, 1.165) is 33.5 Å². The van der Waals surface area contributed by atoms with Crippen LogP contribution in [-0.2, 0) is 0 Å². The molecule has 26 heavy (non-hydrogen) atoms. The predicted octanol–water partition coefficient (Wildman–Crippen LogP) is 5.19. The van der Waals surface area contributed by atoms with Gasteiger partial charge in [0, 0.05) is 11.4 Å². The van der Waals surface area contributed by atoms with Gasteiger partial charge in [0.05, 0.1) is 11.0 Å². The maximum atomic E-state index is 5.68. The van der Waals surface area contributed by atoms with Crippen LogP contribution < -0.4 is 10.6 Å². The van der Waals surface area contributed by atoms with Crippen LogP contribution in [-0.4, -0.2) is 15.0 Å². The number of anilines is 4. The summed E-state index contributed by atoms with van der Waals surface area (Å²) < 4.78 is 5.68. The van der Waals surface area contributed by atoms with Crippen LogP contribution in [0.4, 0.5) is 23.3 Å². The van der Waals surface area contributed by atoms with E-state index in [2.05, 4.69) is 25.6 Å². The van der Waals surface area contributed by atoms with Crippen LogP contribution in [0.1, 0.15) is 0 Å². The minimum Gasteiger partial charge on any atom is -0.423 e. The molecule has 3 N–H and O–H groups in total. The Bertz CT molecular complexity index is 1030. The highest BCUT2D eigenvalue weighted by molar-refractivity contribution is 5.78. The fourth-order valence-corrected chi connectivity index (χ4v) is 2.83. The lowest BCUT2D eigenvalue weighted by Gasteiger charge is -2.05. The summed E-state index contributed by atoms with van der Waals surface area (Å²) in [5.74, 6) is 0.714. The molecular weight excluding hydrogens is 326 g/mol. The van der Waals surface area contributed by atoms with Gasteiger partial charge in [0.15, 0.2) is 5.58 Å². The van der Waals surface area contributed by atoms with E-state index >= 15 is 0 Å². The van der Waals surface area contributed by atoms with E-state index in [1.165, 1.54) is 0 Å². The third-order valence-corrected chi connectivity index (χ3v) is 4.08. The molecule has 0 saturated carbocycles. The molecule has 6 nitrogen and oxygen atoms in total. The van der Waals surface area contributed by atoms with Crippen molar-refractivity contribution in [1.29, 1.82) is 0 Å². The van der Waals surface area contributed by atoms with Crippen LogP contribution in [0.25, 0.3) is 22.1 Å². The Balaban J connectivity index is 1.33. The van der Waals surface area contributed by atoms with E-state index in [0.29, 0.717) is 12.0 Å². The minimum absolute atomic E-state index is 0.476. The van der Waals surface area contributed by atoms with Crippen LogP contribution in [0, 0.1) is 0 Å². The highest BCUT2D eigenvalue weighted by atomic mass is 16.4. The zero-order valence-corrected chi connectivity index (χ0v) is 13.7. The number of aromatic amines is 1. The number of fused-ring (bicyclic) bond motifs is 2. The quantitative estimate of drug-likeness (QED) is 0.419. The lowest BCUT2D eigenvalue weighted by atomic mass is 10.3. The Morgan fingerprint density at radius 3 is 2.15 bits per heavy atom. The summed E-state index contributed by atoms with van der Waals surface area (Å²) in [6, 6.07) is 23.9. The van der Waals surface area contributed by atoms with Crippen LogP contribution in [0.3, 0.4) is 0 Å². The molecule has 0 radical (unpaired) electrons. The predicted molar refractivity (Wildman–Crippen MR) is 103 cm³/mol. The minimum atomic E-state index is 0.476. The van der Waals surface area contributed by atoms with Gasteiger partial charge in [-0.15, -0.1) is 0 Å². The van der Waals surface area contributed by atoms with Gasteiger partial charge in [-0.1, -0.05) is 24.3 Å². The monoisotopic (exact) mass is 341 g/mol. The van der Waals surface area contributed by atoms with Crippen LogP contribution >= 0.6 is 0 Å². The van der Waals surface area contributed by atoms with Gasteiger partial charge < -0.3 is 20.0 Å². The number of hydrogen-bond donors (Lipinski definition) is 3. The van der Waals surface area contributed by atoms with Crippen molar-refractivity contribution in [1.82, 2.24) is 15.0 Å². The molecule has 0 aliphatic rings. The average molecular weight is 341 g/mol. The highest BCUT2D eigenvalue weighted by Crippen LogP contribution is 2.24. The van der Waals surface area contributed by atoms with Gasteiger partial charge in [-0.2, -0.15) is 4.98 Å². The summed E-state index contributed by atoms with van der Waals surface area (Å²) in [5, 5.41) is 6.45. The number of rotatable bonds is 4. The zero-order valence-electron chi connectivity index (χ0n) is 13.7. The van der Waals surface area contributed by atoms with Crippen molar-refractivity contribution in [2.75, 3.05) is 10.6 Å². The van der Waals surface area contributed by atoms with Crippen LogP contribution in [0.2, 0.25) is 0 Å². The van der Waals surface area contributed by atoms with Crippen LogP contribution in [0.15, 0.2) is 77.2 Å². The van der Waals surface area contributed by atoms with Gasteiger partial charge in [0.25, 0.3) is 6.01 Å². The number of H-pyrrole nitrogens is 1. The first-order chi connectivity index (χ1) is 12.8. The van der Waals surface area contributed by atoms with E-state index in [1.807, 2.05) is 72.8 Å². The zero-order chi connectivity index (χ0) is 17.3. The van der Waals surface area contributed by atoms with E-state index in [1.54, 1.807) is 0 Å². The van der Waals surface area contributed by atoms with E-state index in [-0.39, 0.29) is 0 Å². The molecule has 0 spiro atoms. The highest BCUT2D eigenvalue weighted by Gasteiger charge is 2.06. The molecular formula is C20H15N5O. The Labute approximate surface area is 148 Å². The van der Waals surface area contributed by atoms with E-state index in [4.69, 9.17) is 4.42 Å². The molecule has 5 aromatic rings. The third kappa shape index (κ3) is 2.73. The van der Waals surface area contributed by atoms with Gasteiger partial charge in [-0.25, -0.2) is 4.98 Å². The summed E-state index contributed by atoms with van der Waals surface area (Å²) in [7, 11) is 0. The van der Waals surface area contributed by atoms with E-state index in [9.17, 15) is 0 Å². The van der Waals surface area contributed by atoms with Crippen molar-refractivity contribution >= 4 is 45.5 Å². The molecule has 0 aliphatic heterocycles. The summed E-state index contributed by atoms with van der Waals surface area (Å²) in [5.41, 5.74) is 5.36. The fraction of sp³-hybridized carbons (Fsp3) is 0. The molecule has 126 valence electrons. The van der Waals surface area contributed by atoms with Gasteiger partial charge in [-0.3, -0.25) is 0 Å². The molecule has 5 rings (SSSR count). The van der Waals surface area contributed by atoms with Crippen molar-refractivity contribution in [3.05, 3.63) is 72.8 Å². The summed E-state index contributed by atoms with van der Waals surface area (Å²) >= 11 is 0.